The van der Waals surface area contributed by atoms with Gasteiger partial charge in [0.15, 0.2) is 5.76 Å². The SMILES string of the molecule is COc1ccc(-c2cc(CN(CC(N)=O)C3CCCC3)on2)cc1. The number of primary amides is 1. The van der Waals surface area contributed by atoms with E-state index in [2.05, 4.69) is 10.1 Å². The van der Waals surface area contributed by atoms with Crippen LogP contribution in [0.2, 0.25) is 0 Å². The number of ether oxygens (including phenoxy) is 1. The Morgan fingerprint density at radius 1 is 1.33 bits per heavy atom. The fourth-order valence-corrected chi connectivity index (χ4v) is 3.27. The Kier molecular flexibility index (Phi) is 5.15. The van der Waals surface area contributed by atoms with Crippen molar-refractivity contribution in [3.63, 3.8) is 0 Å². The fourth-order valence-electron chi connectivity index (χ4n) is 3.27. The first-order valence-electron chi connectivity index (χ1n) is 8.28. The maximum atomic E-state index is 11.4. The molecule has 6 nitrogen and oxygen atoms in total. The Morgan fingerprint density at radius 3 is 2.67 bits per heavy atom. The molecule has 0 radical (unpaired) electrons. The number of carbonyl (C=O) groups is 1. The van der Waals surface area contributed by atoms with Crippen LogP contribution in [0.4, 0.5) is 0 Å². The van der Waals surface area contributed by atoms with Crippen LogP contribution in [-0.2, 0) is 11.3 Å². The van der Waals surface area contributed by atoms with E-state index in [1.807, 2.05) is 30.3 Å². The number of nitrogens with two attached hydrogens (primary N) is 1. The van der Waals surface area contributed by atoms with E-state index in [0.717, 1.165) is 35.6 Å². The zero-order chi connectivity index (χ0) is 16.9. The van der Waals surface area contributed by atoms with Gasteiger partial charge in [0, 0.05) is 17.7 Å². The molecule has 0 spiro atoms. The Bertz CT molecular complexity index is 675. The van der Waals surface area contributed by atoms with Gasteiger partial charge < -0.3 is 15.0 Å². The number of carbonyl (C=O) groups excluding carboxylic acids is 1. The molecule has 1 aliphatic rings. The minimum Gasteiger partial charge on any atom is -0.497 e. The molecule has 0 aliphatic heterocycles. The predicted molar refractivity (Wildman–Crippen MR) is 90.4 cm³/mol. The van der Waals surface area contributed by atoms with Crippen LogP contribution in [0.3, 0.4) is 0 Å². The molecule has 1 heterocycles. The summed E-state index contributed by atoms with van der Waals surface area (Å²) in [5.41, 5.74) is 7.14. The van der Waals surface area contributed by atoms with Gasteiger partial charge in [0.2, 0.25) is 5.91 Å². The Hall–Kier alpha value is -2.34. The van der Waals surface area contributed by atoms with Crippen molar-refractivity contribution in [1.82, 2.24) is 10.1 Å². The lowest BCUT2D eigenvalue weighted by atomic mass is 10.1. The van der Waals surface area contributed by atoms with Crippen LogP contribution in [-0.4, -0.2) is 35.7 Å². The first-order valence-corrected chi connectivity index (χ1v) is 8.28. The van der Waals surface area contributed by atoms with Crippen LogP contribution in [0.15, 0.2) is 34.9 Å². The highest BCUT2D eigenvalue weighted by Gasteiger charge is 2.25. The second-order valence-electron chi connectivity index (χ2n) is 6.22. The summed E-state index contributed by atoms with van der Waals surface area (Å²) in [6, 6.07) is 9.98. The van der Waals surface area contributed by atoms with E-state index >= 15 is 0 Å². The number of amides is 1. The van der Waals surface area contributed by atoms with Gasteiger partial charge in [-0.1, -0.05) is 18.0 Å². The summed E-state index contributed by atoms with van der Waals surface area (Å²) in [4.78, 5) is 13.5. The molecule has 1 aromatic carbocycles. The molecule has 0 saturated heterocycles. The fraction of sp³-hybridized carbons (Fsp3) is 0.444. The molecule has 128 valence electrons. The average Bonchev–Trinajstić information content (AvgIpc) is 3.26. The number of methoxy groups -OCH3 is 1. The third kappa shape index (κ3) is 3.94. The van der Waals surface area contributed by atoms with Crippen LogP contribution in [0.25, 0.3) is 11.3 Å². The lowest BCUT2D eigenvalue weighted by molar-refractivity contribution is -0.119. The van der Waals surface area contributed by atoms with Crippen molar-refractivity contribution in [3.05, 3.63) is 36.1 Å². The molecule has 1 fully saturated rings. The van der Waals surface area contributed by atoms with Crippen LogP contribution >= 0.6 is 0 Å². The number of aromatic nitrogens is 1. The van der Waals surface area contributed by atoms with Gasteiger partial charge >= 0.3 is 0 Å². The first kappa shape index (κ1) is 16.5. The standard InChI is InChI=1S/C18H23N3O3/c1-23-15-8-6-13(7-9-15)17-10-16(24-20-17)11-21(12-18(19)22)14-4-2-3-5-14/h6-10,14H,2-5,11-12H2,1H3,(H2,19,22). The van der Waals surface area contributed by atoms with E-state index in [1.165, 1.54) is 12.8 Å². The van der Waals surface area contributed by atoms with E-state index in [1.54, 1.807) is 7.11 Å². The lowest BCUT2D eigenvalue weighted by Gasteiger charge is -2.26. The van der Waals surface area contributed by atoms with Crippen molar-refractivity contribution in [2.45, 2.75) is 38.3 Å². The molecule has 1 amide bonds. The minimum absolute atomic E-state index is 0.253. The second kappa shape index (κ2) is 7.49. The third-order valence-corrected chi connectivity index (χ3v) is 4.50. The second-order valence-corrected chi connectivity index (χ2v) is 6.22. The summed E-state index contributed by atoms with van der Waals surface area (Å²) in [6.07, 6.45) is 4.61. The highest BCUT2D eigenvalue weighted by molar-refractivity contribution is 5.76. The zero-order valence-electron chi connectivity index (χ0n) is 13.9. The number of nitrogens with zero attached hydrogens (tertiary/aromatic N) is 2. The predicted octanol–water partition coefficient (Wildman–Crippen LogP) is 2.58. The number of hydrogen-bond acceptors (Lipinski definition) is 5. The molecule has 0 bridgehead atoms. The van der Waals surface area contributed by atoms with Gasteiger partial charge in [0.25, 0.3) is 0 Å². The zero-order valence-corrected chi connectivity index (χ0v) is 13.9. The molecular weight excluding hydrogens is 306 g/mol. The van der Waals surface area contributed by atoms with E-state index in [9.17, 15) is 4.79 Å². The van der Waals surface area contributed by atoms with Gasteiger partial charge in [-0.3, -0.25) is 9.69 Å². The van der Waals surface area contributed by atoms with E-state index in [4.69, 9.17) is 15.0 Å². The topological polar surface area (TPSA) is 81.6 Å². The van der Waals surface area contributed by atoms with Crippen molar-refractivity contribution in [2.24, 2.45) is 5.73 Å². The van der Waals surface area contributed by atoms with Crippen molar-refractivity contribution in [2.75, 3.05) is 13.7 Å². The van der Waals surface area contributed by atoms with Crippen LogP contribution in [0.5, 0.6) is 5.75 Å². The molecule has 1 aromatic heterocycles. The molecule has 0 unspecified atom stereocenters. The van der Waals surface area contributed by atoms with Crippen molar-refractivity contribution >= 4 is 5.91 Å². The summed E-state index contributed by atoms with van der Waals surface area (Å²) >= 11 is 0. The quantitative estimate of drug-likeness (QED) is 0.844. The Balaban J connectivity index is 1.71. The Labute approximate surface area is 141 Å². The summed E-state index contributed by atoms with van der Waals surface area (Å²) in [7, 11) is 1.64. The molecule has 1 aliphatic carbocycles. The van der Waals surface area contributed by atoms with E-state index in [-0.39, 0.29) is 12.5 Å². The maximum Gasteiger partial charge on any atom is 0.231 e. The largest absolute Gasteiger partial charge is 0.497 e. The van der Waals surface area contributed by atoms with Gasteiger partial charge in [-0.15, -0.1) is 0 Å². The van der Waals surface area contributed by atoms with Gasteiger partial charge in [0.05, 0.1) is 20.2 Å². The number of hydrogen-bond donors (Lipinski definition) is 1. The molecule has 2 N–H and O–H groups in total. The molecular formula is C18H23N3O3. The van der Waals surface area contributed by atoms with Crippen LogP contribution in [0.1, 0.15) is 31.4 Å². The third-order valence-electron chi connectivity index (χ3n) is 4.50. The highest BCUT2D eigenvalue weighted by atomic mass is 16.5. The summed E-state index contributed by atoms with van der Waals surface area (Å²) < 4.78 is 10.6. The van der Waals surface area contributed by atoms with Crippen LogP contribution in [0, 0.1) is 0 Å². The summed E-state index contributed by atoms with van der Waals surface area (Å²) in [5.74, 6) is 1.24. The van der Waals surface area contributed by atoms with Crippen molar-refractivity contribution < 1.29 is 14.1 Å². The van der Waals surface area contributed by atoms with Gasteiger partial charge in [-0.2, -0.15) is 0 Å². The summed E-state index contributed by atoms with van der Waals surface area (Å²) in [5, 5.41) is 4.14. The normalized spacial score (nSPS) is 15.1. The highest BCUT2D eigenvalue weighted by Crippen LogP contribution is 2.26. The minimum atomic E-state index is -0.309. The van der Waals surface area contributed by atoms with Crippen LogP contribution < -0.4 is 10.5 Å². The molecule has 3 rings (SSSR count). The Morgan fingerprint density at radius 2 is 2.04 bits per heavy atom. The van der Waals surface area contributed by atoms with Crippen molar-refractivity contribution in [1.29, 1.82) is 0 Å². The van der Waals surface area contributed by atoms with Crippen molar-refractivity contribution in [3.8, 4) is 17.0 Å². The van der Waals surface area contributed by atoms with Gasteiger partial charge in [-0.25, -0.2) is 0 Å². The molecule has 6 heteroatoms. The molecule has 24 heavy (non-hydrogen) atoms. The van der Waals surface area contributed by atoms with Gasteiger partial charge in [0.1, 0.15) is 11.4 Å². The molecule has 2 aromatic rings. The smallest absolute Gasteiger partial charge is 0.231 e. The maximum absolute atomic E-state index is 11.4. The average molecular weight is 329 g/mol. The molecule has 0 atom stereocenters. The first-order chi connectivity index (χ1) is 11.7. The lowest BCUT2D eigenvalue weighted by Crippen LogP contribution is -2.39. The molecule has 1 saturated carbocycles. The monoisotopic (exact) mass is 329 g/mol. The van der Waals surface area contributed by atoms with E-state index < -0.39 is 0 Å². The summed E-state index contributed by atoms with van der Waals surface area (Å²) in [6.45, 7) is 0.806. The van der Waals surface area contributed by atoms with Gasteiger partial charge in [-0.05, 0) is 37.1 Å². The number of benzene rings is 1. The van der Waals surface area contributed by atoms with E-state index in [0.29, 0.717) is 12.6 Å². The number of rotatable bonds is 7.